The minimum atomic E-state index is -1.38. The van der Waals surface area contributed by atoms with E-state index in [1.165, 1.54) is 12.3 Å². The van der Waals surface area contributed by atoms with Crippen LogP contribution in [0.1, 0.15) is 16.1 Å². The molecule has 1 aliphatic rings. The number of hydrogen-bond donors (Lipinski definition) is 0. The molecule has 7 nitrogen and oxygen atoms in total. The summed E-state index contributed by atoms with van der Waals surface area (Å²) in [6.07, 6.45) is 2.95. The number of thioether (sulfide) groups is 1. The molecule has 0 atom stereocenters. The lowest BCUT2D eigenvalue weighted by Gasteiger charge is -2.14. The Hall–Kier alpha value is -2.91. The quantitative estimate of drug-likeness (QED) is 0.328. The van der Waals surface area contributed by atoms with Gasteiger partial charge in [0.15, 0.2) is 0 Å². The number of esters is 1. The molecule has 2 aromatic rings. The first kappa shape index (κ1) is 17.9. The van der Waals surface area contributed by atoms with Gasteiger partial charge in [0, 0.05) is 0 Å². The molecule has 1 aliphatic heterocycles. The van der Waals surface area contributed by atoms with E-state index in [0.717, 1.165) is 16.7 Å². The van der Waals surface area contributed by atoms with Crippen LogP contribution < -0.4 is 9.84 Å². The van der Waals surface area contributed by atoms with Crippen LogP contribution in [0.4, 0.5) is 0 Å². The van der Waals surface area contributed by atoms with Crippen LogP contribution in [0.2, 0.25) is 0 Å². The maximum absolute atomic E-state index is 12.2. The molecular formula is C17H10NO6S2-. The second-order valence-corrected chi connectivity index (χ2v) is 6.75. The predicted molar refractivity (Wildman–Crippen MR) is 95.0 cm³/mol. The van der Waals surface area contributed by atoms with E-state index in [1.54, 1.807) is 36.4 Å². The largest absolute Gasteiger partial charge is 0.548 e. The molecule has 0 unspecified atom stereocenters. The summed E-state index contributed by atoms with van der Waals surface area (Å²) in [5, 5.41) is 10.7. The summed E-state index contributed by atoms with van der Waals surface area (Å²) in [7, 11) is 0. The number of carboxylic acid groups (broad SMARTS) is 1. The van der Waals surface area contributed by atoms with Crippen molar-refractivity contribution in [3.05, 3.63) is 58.9 Å². The number of rotatable bonds is 5. The van der Waals surface area contributed by atoms with E-state index in [4.69, 9.17) is 21.4 Å². The first-order chi connectivity index (χ1) is 12.4. The lowest BCUT2D eigenvalue weighted by molar-refractivity contribution is -0.305. The van der Waals surface area contributed by atoms with Crippen molar-refractivity contribution in [2.24, 2.45) is 0 Å². The van der Waals surface area contributed by atoms with Gasteiger partial charge in [-0.2, -0.15) is 0 Å². The smallest absolute Gasteiger partial charge is 0.379 e. The topological polar surface area (TPSA) is 99.9 Å². The fourth-order valence-corrected chi connectivity index (χ4v) is 3.36. The Bertz CT molecular complexity index is 902. The number of furan rings is 1. The van der Waals surface area contributed by atoms with Crippen molar-refractivity contribution in [1.82, 2.24) is 4.90 Å². The zero-order valence-electron chi connectivity index (χ0n) is 13.0. The third kappa shape index (κ3) is 4.01. The fraction of sp³-hybridized carbons (Fsp3) is 0.0588. The highest BCUT2D eigenvalue weighted by atomic mass is 32.2. The zero-order valence-corrected chi connectivity index (χ0v) is 14.7. The number of thiocarbonyl (C=S) groups is 1. The summed E-state index contributed by atoms with van der Waals surface area (Å²) in [6, 6.07) is 9.50. The monoisotopic (exact) mass is 388 g/mol. The number of benzene rings is 1. The minimum absolute atomic E-state index is 0.0886. The average Bonchev–Trinajstić information content (AvgIpc) is 3.22. The Labute approximate surface area is 157 Å². The number of carbonyl (C=O) groups excluding carboxylic acids is 3. The maximum atomic E-state index is 12.2. The molecule has 0 saturated carbocycles. The van der Waals surface area contributed by atoms with Gasteiger partial charge in [0.05, 0.1) is 23.7 Å². The minimum Gasteiger partial charge on any atom is -0.548 e. The van der Waals surface area contributed by atoms with Crippen molar-refractivity contribution in [1.29, 1.82) is 0 Å². The standard InChI is InChI=1S/C17H11NO6S2/c19-14(20)9-18-15(21)13(26-17(18)25)8-10-3-5-11(6-4-10)24-16(22)12-2-1-7-23-12/h1-8H,9H2,(H,19,20)/p-1/b13-8+. The van der Waals surface area contributed by atoms with Crippen LogP contribution in [-0.4, -0.2) is 33.6 Å². The number of ether oxygens (including phenoxy) is 1. The Morgan fingerprint density at radius 3 is 2.62 bits per heavy atom. The van der Waals surface area contributed by atoms with Gasteiger partial charge in [0.2, 0.25) is 5.76 Å². The van der Waals surface area contributed by atoms with E-state index in [-0.39, 0.29) is 10.1 Å². The number of nitrogens with zero attached hydrogens (tertiary/aromatic N) is 1. The predicted octanol–water partition coefficient (Wildman–Crippen LogP) is 1.45. The second kappa shape index (κ2) is 7.54. The Morgan fingerprint density at radius 1 is 1.27 bits per heavy atom. The van der Waals surface area contributed by atoms with Gasteiger partial charge in [-0.05, 0) is 35.9 Å². The number of aliphatic carboxylic acids is 1. The van der Waals surface area contributed by atoms with Crippen molar-refractivity contribution in [3.63, 3.8) is 0 Å². The van der Waals surface area contributed by atoms with Gasteiger partial charge in [0.1, 0.15) is 10.1 Å². The molecule has 26 heavy (non-hydrogen) atoms. The zero-order chi connectivity index (χ0) is 18.7. The van der Waals surface area contributed by atoms with Crippen molar-refractivity contribution < 1.29 is 28.6 Å². The molecule has 0 bridgehead atoms. The Balaban J connectivity index is 1.70. The number of carboxylic acids is 1. The van der Waals surface area contributed by atoms with Crippen LogP contribution in [0.3, 0.4) is 0 Å². The van der Waals surface area contributed by atoms with Crippen LogP contribution in [-0.2, 0) is 9.59 Å². The summed E-state index contributed by atoms with van der Waals surface area (Å²) in [5.41, 5.74) is 0.664. The molecule has 1 saturated heterocycles. The molecule has 1 aromatic heterocycles. The average molecular weight is 388 g/mol. The van der Waals surface area contributed by atoms with Crippen LogP contribution in [0.15, 0.2) is 52.0 Å². The third-order valence-electron chi connectivity index (χ3n) is 3.27. The molecule has 1 fully saturated rings. The van der Waals surface area contributed by atoms with Gasteiger partial charge in [-0.25, -0.2) is 4.79 Å². The molecule has 0 N–H and O–H groups in total. The van der Waals surface area contributed by atoms with Gasteiger partial charge < -0.3 is 19.1 Å². The van der Waals surface area contributed by atoms with Gasteiger partial charge >= 0.3 is 5.97 Å². The maximum Gasteiger partial charge on any atom is 0.379 e. The molecule has 3 rings (SSSR count). The molecule has 0 radical (unpaired) electrons. The summed E-state index contributed by atoms with van der Waals surface area (Å²) in [4.78, 5) is 35.9. The molecule has 0 aliphatic carbocycles. The molecule has 9 heteroatoms. The number of amides is 1. The first-order valence-corrected chi connectivity index (χ1v) is 8.47. The van der Waals surface area contributed by atoms with E-state index in [9.17, 15) is 19.5 Å². The van der Waals surface area contributed by atoms with Crippen LogP contribution in [0.5, 0.6) is 5.75 Å². The Kier molecular flexibility index (Phi) is 5.19. The summed E-state index contributed by atoms with van der Waals surface area (Å²) >= 11 is 6.02. The fourth-order valence-electron chi connectivity index (χ4n) is 2.10. The number of carbonyl (C=O) groups is 3. The molecule has 0 spiro atoms. The van der Waals surface area contributed by atoms with E-state index in [1.807, 2.05) is 0 Å². The highest BCUT2D eigenvalue weighted by Crippen LogP contribution is 2.32. The SMILES string of the molecule is O=C([O-])CN1C(=O)/C(=C\c2ccc(OC(=O)c3ccco3)cc2)SC1=S. The van der Waals surface area contributed by atoms with Gasteiger partial charge in [-0.3, -0.25) is 9.69 Å². The van der Waals surface area contributed by atoms with Crippen LogP contribution >= 0.6 is 24.0 Å². The normalized spacial score (nSPS) is 15.5. The van der Waals surface area contributed by atoms with Crippen molar-refractivity contribution in [3.8, 4) is 5.75 Å². The summed E-state index contributed by atoms with van der Waals surface area (Å²) < 4.78 is 10.3. The molecular weight excluding hydrogens is 378 g/mol. The molecule has 132 valence electrons. The van der Waals surface area contributed by atoms with E-state index < -0.39 is 24.4 Å². The highest BCUT2D eigenvalue weighted by Gasteiger charge is 2.31. The highest BCUT2D eigenvalue weighted by molar-refractivity contribution is 8.26. The van der Waals surface area contributed by atoms with E-state index in [2.05, 4.69) is 0 Å². The van der Waals surface area contributed by atoms with Gasteiger partial charge in [0.25, 0.3) is 5.91 Å². The molecule has 1 aromatic carbocycles. The van der Waals surface area contributed by atoms with Gasteiger partial charge in [-0.15, -0.1) is 0 Å². The van der Waals surface area contributed by atoms with Crippen LogP contribution in [0.25, 0.3) is 6.08 Å². The lowest BCUT2D eigenvalue weighted by atomic mass is 10.2. The molecule has 2 heterocycles. The lowest BCUT2D eigenvalue weighted by Crippen LogP contribution is -2.40. The van der Waals surface area contributed by atoms with Crippen molar-refractivity contribution in [2.75, 3.05) is 6.54 Å². The summed E-state index contributed by atoms with van der Waals surface area (Å²) in [5.74, 6) is -2.09. The van der Waals surface area contributed by atoms with E-state index >= 15 is 0 Å². The van der Waals surface area contributed by atoms with Gasteiger partial charge in [-0.1, -0.05) is 36.1 Å². The van der Waals surface area contributed by atoms with Crippen molar-refractivity contribution >= 4 is 52.2 Å². The first-order valence-electron chi connectivity index (χ1n) is 7.25. The Morgan fingerprint density at radius 2 is 2.00 bits per heavy atom. The summed E-state index contributed by atoms with van der Waals surface area (Å²) in [6.45, 7) is -0.580. The second-order valence-electron chi connectivity index (χ2n) is 5.08. The molecule has 1 amide bonds. The van der Waals surface area contributed by atoms with Crippen molar-refractivity contribution in [2.45, 2.75) is 0 Å². The van der Waals surface area contributed by atoms with Crippen LogP contribution in [0, 0.1) is 0 Å². The van der Waals surface area contributed by atoms with E-state index in [0.29, 0.717) is 16.2 Å². The third-order valence-corrected chi connectivity index (χ3v) is 4.65. The number of hydrogen-bond acceptors (Lipinski definition) is 8.